The number of rotatable bonds is 1. The van der Waals surface area contributed by atoms with Gasteiger partial charge in [-0.25, -0.2) is 0 Å². The number of nitrogens with one attached hydrogen (secondary N) is 1. The number of hydroxylamine groups is 1. The Bertz CT molecular complexity index is 256. The fraction of sp³-hybridized carbons (Fsp3) is 0.333. The average Bonchev–Trinajstić information content (AvgIpc) is 1.85. The molecule has 2 nitrogen and oxygen atoms in total. The molecular formula is C9H13NO. The topological polar surface area (TPSA) is 27.5 Å². The van der Waals surface area contributed by atoms with Crippen molar-refractivity contribution in [3.05, 3.63) is 34.5 Å². The zero-order valence-electron chi connectivity index (χ0n) is 7.14. The maximum absolute atomic E-state index is 11.0. The standard InChI is InChI=1S/C9H13NO/c1-7-4-5-9(10(3)11)8(2)6-7/h4-6,10H,1-3H3. The summed E-state index contributed by atoms with van der Waals surface area (Å²) < 4.78 is 0. The minimum absolute atomic E-state index is 0.141. The van der Waals surface area contributed by atoms with Crippen LogP contribution in [-0.4, -0.2) is 7.05 Å². The molecule has 2 heteroatoms. The molecule has 11 heavy (non-hydrogen) atoms. The zero-order valence-corrected chi connectivity index (χ0v) is 7.14. The molecule has 60 valence electrons. The van der Waals surface area contributed by atoms with Gasteiger partial charge in [0.2, 0.25) is 0 Å². The van der Waals surface area contributed by atoms with Gasteiger partial charge in [-0.15, -0.1) is 0 Å². The van der Waals surface area contributed by atoms with Crippen LogP contribution in [0.25, 0.3) is 0 Å². The second-order valence-electron chi connectivity index (χ2n) is 2.87. The minimum Gasteiger partial charge on any atom is -0.629 e. The van der Waals surface area contributed by atoms with Crippen LogP contribution in [0.3, 0.4) is 0 Å². The SMILES string of the molecule is Cc1ccc([NH+](C)[O-])c(C)c1. The van der Waals surface area contributed by atoms with Gasteiger partial charge >= 0.3 is 0 Å². The highest BCUT2D eigenvalue weighted by Gasteiger charge is 2.00. The van der Waals surface area contributed by atoms with E-state index in [1.54, 1.807) is 7.05 Å². The van der Waals surface area contributed by atoms with E-state index in [-0.39, 0.29) is 5.06 Å². The molecule has 1 aromatic carbocycles. The summed E-state index contributed by atoms with van der Waals surface area (Å²) in [6.07, 6.45) is 0. The van der Waals surface area contributed by atoms with E-state index in [4.69, 9.17) is 0 Å². The van der Waals surface area contributed by atoms with E-state index in [1.807, 2.05) is 32.0 Å². The summed E-state index contributed by atoms with van der Waals surface area (Å²) >= 11 is 0. The Morgan fingerprint density at radius 1 is 1.27 bits per heavy atom. The van der Waals surface area contributed by atoms with E-state index >= 15 is 0 Å². The second kappa shape index (κ2) is 3.03. The van der Waals surface area contributed by atoms with Gasteiger partial charge in [0.25, 0.3) is 0 Å². The third-order valence-corrected chi connectivity index (χ3v) is 1.76. The monoisotopic (exact) mass is 151 g/mol. The van der Waals surface area contributed by atoms with Crippen LogP contribution in [0.4, 0.5) is 5.69 Å². The predicted molar refractivity (Wildman–Crippen MR) is 45.8 cm³/mol. The molecule has 0 aliphatic heterocycles. The van der Waals surface area contributed by atoms with Crippen LogP contribution >= 0.6 is 0 Å². The summed E-state index contributed by atoms with van der Waals surface area (Å²) in [7, 11) is 1.59. The molecule has 1 aromatic rings. The zero-order chi connectivity index (χ0) is 8.43. The maximum Gasteiger partial charge on any atom is 0.133 e. The Morgan fingerprint density at radius 3 is 2.36 bits per heavy atom. The van der Waals surface area contributed by atoms with Gasteiger partial charge < -0.3 is 10.3 Å². The lowest BCUT2D eigenvalue weighted by Crippen LogP contribution is -2.98. The van der Waals surface area contributed by atoms with Crippen LogP contribution in [0.15, 0.2) is 18.2 Å². The highest BCUT2D eigenvalue weighted by Crippen LogP contribution is 2.10. The Kier molecular flexibility index (Phi) is 2.27. The van der Waals surface area contributed by atoms with Gasteiger partial charge in [-0.05, 0) is 19.9 Å². The van der Waals surface area contributed by atoms with E-state index in [2.05, 4.69) is 0 Å². The van der Waals surface area contributed by atoms with Gasteiger partial charge in [-0.2, -0.15) is 0 Å². The quantitative estimate of drug-likeness (QED) is 0.594. The first kappa shape index (κ1) is 8.24. The first-order valence-corrected chi connectivity index (χ1v) is 3.69. The van der Waals surface area contributed by atoms with Crippen LogP contribution in [0, 0.1) is 19.1 Å². The van der Waals surface area contributed by atoms with Gasteiger partial charge in [0.15, 0.2) is 0 Å². The van der Waals surface area contributed by atoms with Crippen molar-refractivity contribution in [1.82, 2.24) is 0 Å². The summed E-state index contributed by atoms with van der Waals surface area (Å²) in [4.78, 5) is 0. The Morgan fingerprint density at radius 2 is 1.91 bits per heavy atom. The van der Waals surface area contributed by atoms with Crippen molar-refractivity contribution in [1.29, 1.82) is 0 Å². The molecule has 1 rings (SSSR count). The molecule has 0 amide bonds. The Hall–Kier alpha value is -0.860. The number of hydrogen-bond donors (Lipinski definition) is 1. The smallest absolute Gasteiger partial charge is 0.133 e. The second-order valence-corrected chi connectivity index (χ2v) is 2.87. The largest absolute Gasteiger partial charge is 0.629 e. The Labute approximate surface area is 67.0 Å². The lowest BCUT2D eigenvalue weighted by atomic mass is 10.1. The van der Waals surface area contributed by atoms with Crippen molar-refractivity contribution in [3.8, 4) is 0 Å². The summed E-state index contributed by atoms with van der Waals surface area (Å²) in [5.41, 5.74) is 3.10. The summed E-state index contributed by atoms with van der Waals surface area (Å²) in [6, 6.07) is 5.87. The van der Waals surface area contributed by atoms with Gasteiger partial charge in [-0.1, -0.05) is 17.7 Å². The van der Waals surface area contributed by atoms with Crippen LogP contribution in [-0.2, 0) is 0 Å². The molecule has 0 bridgehead atoms. The molecule has 0 aliphatic rings. The molecular weight excluding hydrogens is 138 g/mol. The van der Waals surface area contributed by atoms with Crippen LogP contribution in [0.2, 0.25) is 0 Å². The molecule has 1 N–H and O–H groups in total. The van der Waals surface area contributed by atoms with E-state index in [9.17, 15) is 5.21 Å². The molecule has 0 spiro atoms. The van der Waals surface area contributed by atoms with Crippen molar-refractivity contribution in [3.63, 3.8) is 0 Å². The predicted octanol–water partition coefficient (Wildman–Crippen LogP) is 0.947. The molecule has 1 atom stereocenters. The number of quaternary nitrogens is 1. The van der Waals surface area contributed by atoms with Crippen molar-refractivity contribution in [2.45, 2.75) is 13.8 Å². The normalized spacial score (nSPS) is 13.1. The van der Waals surface area contributed by atoms with Crippen LogP contribution < -0.4 is 5.06 Å². The fourth-order valence-corrected chi connectivity index (χ4v) is 1.21. The summed E-state index contributed by atoms with van der Waals surface area (Å²) in [5, 5.41) is 11.1. The van der Waals surface area contributed by atoms with Crippen molar-refractivity contribution in [2.75, 3.05) is 7.05 Å². The first-order valence-electron chi connectivity index (χ1n) is 3.69. The van der Waals surface area contributed by atoms with Gasteiger partial charge in [0.1, 0.15) is 5.69 Å². The maximum atomic E-state index is 11.0. The molecule has 0 saturated carbocycles. The first-order chi connectivity index (χ1) is 5.11. The third-order valence-electron chi connectivity index (χ3n) is 1.76. The lowest BCUT2D eigenvalue weighted by Gasteiger charge is -2.17. The molecule has 0 heterocycles. The van der Waals surface area contributed by atoms with Gasteiger partial charge in [-0.3, -0.25) is 0 Å². The lowest BCUT2D eigenvalue weighted by molar-refractivity contribution is -0.751. The van der Waals surface area contributed by atoms with E-state index in [1.165, 1.54) is 5.56 Å². The van der Waals surface area contributed by atoms with Crippen molar-refractivity contribution < 1.29 is 5.06 Å². The molecule has 0 radical (unpaired) electrons. The third kappa shape index (κ3) is 1.79. The molecule has 0 saturated heterocycles. The highest BCUT2D eigenvalue weighted by molar-refractivity contribution is 5.40. The van der Waals surface area contributed by atoms with E-state index < -0.39 is 0 Å². The van der Waals surface area contributed by atoms with E-state index in [0.717, 1.165) is 11.3 Å². The van der Waals surface area contributed by atoms with Crippen LogP contribution in [0.5, 0.6) is 0 Å². The van der Waals surface area contributed by atoms with Crippen molar-refractivity contribution >= 4 is 5.69 Å². The minimum atomic E-state index is 0.141. The molecule has 0 aliphatic carbocycles. The fourth-order valence-electron chi connectivity index (χ4n) is 1.21. The molecule has 0 fully saturated rings. The number of hydrogen-bond acceptors (Lipinski definition) is 1. The number of aryl methyl sites for hydroxylation is 2. The molecule has 0 aromatic heterocycles. The number of benzene rings is 1. The Balaban J connectivity index is 3.09. The van der Waals surface area contributed by atoms with Gasteiger partial charge in [0, 0.05) is 5.56 Å². The average molecular weight is 151 g/mol. The van der Waals surface area contributed by atoms with Gasteiger partial charge in [0.05, 0.1) is 7.05 Å². The summed E-state index contributed by atoms with van der Waals surface area (Å²) in [6.45, 7) is 3.99. The summed E-state index contributed by atoms with van der Waals surface area (Å²) in [5.74, 6) is 0. The van der Waals surface area contributed by atoms with E-state index in [0.29, 0.717) is 0 Å². The van der Waals surface area contributed by atoms with Crippen molar-refractivity contribution in [2.24, 2.45) is 0 Å². The molecule has 1 unspecified atom stereocenters. The van der Waals surface area contributed by atoms with Crippen LogP contribution in [0.1, 0.15) is 11.1 Å². The highest BCUT2D eigenvalue weighted by atomic mass is 16.5.